The van der Waals surface area contributed by atoms with E-state index in [0.29, 0.717) is 6.07 Å². The molecule has 0 aliphatic carbocycles. The van der Waals surface area contributed by atoms with E-state index in [0.717, 1.165) is 18.2 Å². The normalized spacial score (nSPS) is 11.0. The summed E-state index contributed by atoms with van der Waals surface area (Å²) in [5, 5.41) is 8.65. The summed E-state index contributed by atoms with van der Waals surface area (Å²) in [6.45, 7) is 0. The van der Waals surface area contributed by atoms with Gasteiger partial charge < -0.3 is 0 Å². The Morgan fingerprint density at radius 3 is 2.48 bits per heavy atom. The summed E-state index contributed by atoms with van der Waals surface area (Å²) in [6.07, 6.45) is 0. The Labute approximate surface area is 124 Å². The molecule has 0 aliphatic heterocycles. The van der Waals surface area contributed by atoms with Gasteiger partial charge in [0, 0.05) is 6.07 Å². The lowest BCUT2D eigenvalue weighted by Gasteiger charge is -2.10. The van der Waals surface area contributed by atoms with Gasteiger partial charge in [0.25, 0.3) is 10.0 Å². The van der Waals surface area contributed by atoms with Gasteiger partial charge in [0.15, 0.2) is 0 Å². The average molecular weight is 329 g/mol. The van der Waals surface area contributed by atoms with Crippen LogP contribution in [0, 0.1) is 23.0 Å². The van der Waals surface area contributed by atoms with Gasteiger partial charge in [-0.1, -0.05) is 11.6 Å². The monoisotopic (exact) mass is 328 g/mol. The van der Waals surface area contributed by atoms with Crippen LogP contribution in [-0.4, -0.2) is 8.42 Å². The average Bonchev–Trinajstić information content (AvgIpc) is 2.42. The molecule has 0 aromatic heterocycles. The SMILES string of the molecule is N#Cc1ccc(Cl)c(S(=O)(=O)Nc2ccc(F)cc2F)c1. The van der Waals surface area contributed by atoms with E-state index in [9.17, 15) is 17.2 Å². The number of nitriles is 1. The molecule has 1 N–H and O–H groups in total. The van der Waals surface area contributed by atoms with Gasteiger partial charge in [0.2, 0.25) is 0 Å². The van der Waals surface area contributed by atoms with Crippen LogP contribution in [0.15, 0.2) is 41.3 Å². The highest BCUT2D eigenvalue weighted by Gasteiger charge is 2.20. The van der Waals surface area contributed by atoms with Crippen molar-refractivity contribution in [2.24, 2.45) is 0 Å². The molecule has 0 saturated heterocycles. The molecule has 2 aromatic carbocycles. The molecule has 0 bridgehead atoms. The van der Waals surface area contributed by atoms with Crippen molar-refractivity contribution >= 4 is 27.3 Å². The topological polar surface area (TPSA) is 70.0 Å². The van der Waals surface area contributed by atoms with Crippen LogP contribution in [0.2, 0.25) is 5.02 Å². The Kier molecular flexibility index (Phi) is 4.11. The number of hydrogen-bond donors (Lipinski definition) is 1. The summed E-state index contributed by atoms with van der Waals surface area (Å²) in [6, 6.07) is 7.84. The quantitative estimate of drug-likeness (QED) is 0.939. The molecule has 108 valence electrons. The first-order chi connectivity index (χ1) is 9.83. The number of sulfonamides is 1. The van der Waals surface area contributed by atoms with Crippen molar-refractivity contribution in [3.63, 3.8) is 0 Å². The van der Waals surface area contributed by atoms with Crippen LogP contribution in [0.5, 0.6) is 0 Å². The van der Waals surface area contributed by atoms with Crippen LogP contribution in [-0.2, 0) is 10.0 Å². The Morgan fingerprint density at radius 1 is 1.14 bits per heavy atom. The maximum absolute atomic E-state index is 13.5. The molecule has 0 saturated carbocycles. The third-order valence-electron chi connectivity index (χ3n) is 2.53. The largest absolute Gasteiger partial charge is 0.277 e. The summed E-state index contributed by atoms with van der Waals surface area (Å²) in [5.41, 5.74) is -0.339. The minimum Gasteiger partial charge on any atom is -0.277 e. The zero-order chi connectivity index (χ0) is 15.6. The summed E-state index contributed by atoms with van der Waals surface area (Å²) in [5.74, 6) is -1.90. The van der Waals surface area contributed by atoms with Crippen LogP contribution in [0.1, 0.15) is 5.56 Å². The van der Waals surface area contributed by atoms with Crippen molar-refractivity contribution in [3.05, 3.63) is 58.6 Å². The van der Waals surface area contributed by atoms with Crippen molar-refractivity contribution in [2.45, 2.75) is 4.90 Å². The minimum atomic E-state index is -4.21. The van der Waals surface area contributed by atoms with Crippen LogP contribution in [0.4, 0.5) is 14.5 Å². The number of benzene rings is 2. The Bertz CT molecular complexity index is 848. The van der Waals surface area contributed by atoms with Crippen molar-refractivity contribution in [1.82, 2.24) is 0 Å². The second kappa shape index (κ2) is 5.68. The van der Waals surface area contributed by atoms with Gasteiger partial charge in [0.1, 0.15) is 16.5 Å². The fourth-order valence-electron chi connectivity index (χ4n) is 1.55. The summed E-state index contributed by atoms with van der Waals surface area (Å²) in [4.78, 5) is -0.369. The molecule has 4 nitrogen and oxygen atoms in total. The van der Waals surface area contributed by atoms with Gasteiger partial charge in [-0.3, -0.25) is 4.72 Å². The van der Waals surface area contributed by atoms with E-state index >= 15 is 0 Å². The maximum Gasteiger partial charge on any atom is 0.263 e. The number of halogens is 3. The molecule has 2 aromatic rings. The van der Waals surface area contributed by atoms with Crippen molar-refractivity contribution in [2.75, 3.05) is 4.72 Å². The van der Waals surface area contributed by atoms with Gasteiger partial charge in [0.05, 0.1) is 22.3 Å². The minimum absolute atomic E-state index is 0.0827. The van der Waals surface area contributed by atoms with E-state index in [1.165, 1.54) is 12.1 Å². The van der Waals surface area contributed by atoms with Crippen molar-refractivity contribution in [1.29, 1.82) is 5.26 Å². The van der Waals surface area contributed by atoms with E-state index < -0.39 is 27.3 Å². The maximum atomic E-state index is 13.5. The summed E-state index contributed by atoms with van der Waals surface area (Å²) < 4.78 is 52.6. The molecule has 0 radical (unpaired) electrons. The fourth-order valence-corrected chi connectivity index (χ4v) is 3.14. The van der Waals surface area contributed by atoms with Crippen molar-refractivity contribution in [3.8, 4) is 6.07 Å². The van der Waals surface area contributed by atoms with Gasteiger partial charge in [-0.25, -0.2) is 17.2 Å². The molecule has 0 heterocycles. The Balaban J connectivity index is 2.46. The summed E-state index contributed by atoms with van der Waals surface area (Å²) in [7, 11) is -4.21. The molecule has 0 atom stereocenters. The molecule has 0 amide bonds. The molecule has 0 spiro atoms. The molecule has 0 aliphatic rings. The predicted molar refractivity (Wildman–Crippen MR) is 73.3 cm³/mol. The van der Waals surface area contributed by atoms with E-state index in [1.54, 1.807) is 6.07 Å². The van der Waals surface area contributed by atoms with Crippen LogP contribution >= 0.6 is 11.6 Å². The fraction of sp³-hybridized carbons (Fsp3) is 0. The highest BCUT2D eigenvalue weighted by atomic mass is 35.5. The number of nitrogens with zero attached hydrogens (tertiary/aromatic N) is 1. The van der Waals surface area contributed by atoms with Gasteiger partial charge in [-0.2, -0.15) is 5.26 Å². The standard InChI is InChI=1S/C13H7ClF2N2O2S/c14-10-3-1-8(7-17)5-13(10)21(19,20)18-12-4-2-9(15)6-11(12)16/h1-6,18H. The molecular weight excluding hydrogens is 322 g/mol. The molecular formula is C13H7ClF2N2O2S. The first kappa shape index (κ1) is 15.2. The third kappa shape index (κ3) is 3.29. The number of nitrogens with one attached hydrogen (secondary N) is 1. The predicted octanol–water partition coefficient (Wildman–Crippen LogP) is 3.29. The third-order valence-corrected chi connectivity index (χ3v) is 4.37. The van der Waals surface area contributed by atoms with Gasteiger partial charge >= 0.3 is 0 Å². The lowest BCUT2D eigenvalue weighted by Crippen LogP contribution is -2.14. The van der Waals surface area contributed by atoms with Crippen LogP contribution in [0.25, 0.3) is 0 Å². The smallest absolute Gasteiger partial charge is 0.263 e. The second-order valence-corrected chi connectivity index (χ2v) is 6.04. The Hall–Kier alpha value is -2.17. The summed E-state index contributed by atoms with van der Waals surface area (Å²) >= 11 is 5.79. The van der Waals surface area contributed by atoms with Crippen LogP contribution in [0.3, 0.4) is 0 Å². The van der Waals surface area contributed by atoms with E-state index in [1.807, 2.05) is 4.72 Å². The van der Waals surface area contributed by atoms with Gasteiger partial charge in [-0.05, 0) is 30.3 Å². The van der Waals surface area contributed by atoms with Gasteiger partial charge in [-0.15, -0.1) is 0 Å². The molecule has 8 heteroatoms. The van der Waals surface area contributed by atoms with Crippen LogP contribution < -0.4 is 4.72 Å². The first-order valence-electron chi connectivity index (χ1n) is 5.51. The molecule has 0 fully saturated rings. The highest BCUT2D eigenvalue weighted by molar-refractivity contribution is 7.92. The zero-order valence-corrected chi connectivity index (χ0v) is 11.8. The number of anilines is 1. The van der Waals surface area contributed by atoms with E-state index in [4.69, 9.17) is 16.9 Å². The van der Waals surface area contributed by atoms with E-state index in [-0.39, 0.29) is 15.5 Å². The molecule has 21 heavy (non-hydrogen) atoms. The highest BCUT2D eigenvalue weighted by Crippen LogP contribution is 2.26. The Morgan fingerprint density at radius 2 is 1.86 bits per heavy atom. The lowest BCUT2D eigenvalue weighted by atomic mass is 10.2. The second-order valence-electron chi connectivity index (χ2n) is 3.99. The number of rotatable bonds is 3. The molecule has 2 rings (SSSR count). The zero-order valence-electron chi connectivity index (χ0n) is 10.3. The number of hydrogen-bond acceptors (Lipinski definition) is 3. The van der Waals surface area contributed by atoms with Crippen molar-refractivity contribution < 1.29 is 17.2 Å². The lowest BCUT2D eigenvalue weighted by molar-refractivity contribution is 0.583. The first-order valence-corrected chi connectivity index (χ1v) is 7.37. The molecule has 0 unspecified atom stereocenters. The van der Waals surface area contributed by atoms with E-state index in [2.05, 4.69) is 0 Å².